The fourth-order valence-electron chi connectivity index (χ4n) is 0.898. The number of nitrogens with one attached hydrogen (secondary N) is 2. The maximum Gasteiger partial charge on any atom is 0.353 e. The zero-order valence-electron chi connectivity index (χ0n) is 8.25. The first-order valence-corrected chi connectivity index (χ1v) is 4.34. The van der Waals surface area contributed by atoms with Crippen molar-refractivity contribution in [2.45, 2.75) is 6.61 Å². The zero-order chi connectivity index (χ0) is 11.8. The molecule has 0 fully saturated rings. The largest absolute Gasteiger partial charge is 0.477 e. The molecule has 0 aliphatic rings. The monoisotopic (exact) mass is 225 g/mol. The first kappa shape index (κ1) is 12.0. The Balaban J connectivity index is 0.000000160. The molecule has 0 radical (unpaired) electrons. The van der Waals surface area contributed by atoms with Gasteiger partial charge in [0.2, 0.25) is 0 Å². The molecule has 7 nitrogen and oxygen atoms in total. The van der Waals surface area contributed by atoms with Gasteiger partial charge in [0.25, 0.3) is 0 Å². The van der Waals surface area contributed by atoms with Gasteiger partial charge in [0.1, 0.15) is 12.3 Å². The van der Waals surface area contributed by atoms with Crippen molar-refractivity contribution in [2.24, 2.45) is 0 Å². The van der Waals surface area contributed by atoms with Crippen LogP contribution in [-0.2, 0) is 11.5 Å². The van der Waals surface area contributed by atoms with Gasteiger partial charge in [-0.25, -0.2) is 9.68 Å². The molecule has 0 spiro atoms. The van der Waals surface area contributed by atoms with Crippen LogP contribution in [0.15, 0.2) is 30.7 Å². The quantitative estimate of drug-likeness (QED) is 0.462. The lowest BCUT2D eigenvalue weighted by Gasteiger charge is -1.86. The highest BCUT2D eigenvalue weighted by molar-refractivity contribution is 5.84. The van der Waals surface area contributed by atoms with Crippen LogP contribution in [0.3, 0.4) is 0 Å². The molecule has 0 amide bonds. The van der Waals surface area contributed by atoms with Gasteiger partial charge in [-0.05, 0) is 17.7 Å². The standard InChI is InChI=1S/C5H7NO2.C4H4N2O2/c7-8-4-5-1-2-6-3-5;7-4(8)3-1-2-5-6-3/h1-3,6-7H,4H2;1-2H,(H,5,6)(H,7,8). The van der Waals surface area contributed by atoms with Crippen molar-refractivity contribution in [3.63, 3.8) is 0 Å². The van der Waals surface area contributed by atoms with Crippen molar-refractivity contribution in [2.75, 3.05) is 0 Å². The summed E-state index contributed by atoms with van der Waals surface area (Å²) >= 11 is 0. The first-order valence-electron chi connectivity index (χ1n) is 4.34. The highest BCUT2D eigenvalue weighted by atomic mass is 17.1. The number of carboxylic acid groups (broad SMARTS) is 1. The summed E-state index contributed by atoms with van der Waals surface area (Å²) in [5.41, 5.74) is 1.05. The van der Waals surface area contributed by atoms with Crippen LogP contribution >= 0.6 is 0 Å². The first-order chi connectivity index (χ1) is 7.74. The lowest BCUT2D eigenvalue weighted by Crippen LogP contribution is -1.95. The van der Waals surface area contributed by atoms with E-state index in [1.165, 1.54) is 12.3 Å². The number of H-pyrrole nitrogens is 2. The van der Waals surface area contributed by atoms with Gasteiger partial charge in [0.15, 0.2) is 0 Å². The van der Waals surface area contributed by atoms with Crippen molar-refractivity contribution in [1.82, 2.24) is 15.2 Å². The molecule has 0 atom stereocenters. The number of aromatic amines is 2. The molecule has 7 heteroatoms. The molecule has 2 aromatic rings. The second-order valence-corrected chi connectivity index (χ2v) is 2.77. The van der Waals surface area contributed by atoms with E-state index in [9.17, 15) is 4.79 Å². The van der Waals surface area contributed by atoms with Crippen LogP contribution in [0.4, 0.5) is 0 Å². The van der Waals surface area contributed by atoms with E-state index >= 15 is 0 Å². The lowest BCUT2D eigenvalue weighted by atomic mass is 10.4. The summed E-state index contributed by atoms with van der Waals surface area (Å²) in [7, 11) is 0. The second-order valence-electron chi connectivity index (χ2n) is 2.77. The Morgan fingerprint density at radius 3 is 2.69 bits per heavy atom. The van der Waals surface area contributed by atoms with Crippen LogP contribution in [-0.4, -0.2) is 31.5 Å². The average Bonchev–Trinajstić information content (AvgIpc) is 2.91. The Bertz CT molecular complexity index is 396. The molecule has 0 aliphatic heterocycles. The molecule has 0 aromatic carbocycles. The number of hydrogen-bond acceptors (Lipinski definition) is 4. The molecule has 2 rings (SSSR count). The van der Waals surface area contributed by atoms with E-state index < -0.39 is 5.97 Å². The summed E-state index contributed by atoms with van der Waals surface area (Å²) in [6.45, 7) is 0.253. The molecular formula is C9H11N3O4. The fourth-order valence-corrected chi connectivity index (χ4v) is 0.898. The van der Waals surface area contributed by atoms with E-state index in [2.05, 4.69) is 20.1 Å². The summed E-state index contributed by atoms with van der Waals surface area (Å²) < 4.78 is 0. The molecular weight excluding hydrogens is 214 g/mol. The maximum absolute atomic E-state index is 9.99. The Morgan fingerprint density at radius 1 is 1.50 bits per heavy atom. The molecule has 0 unspecified atom stereocenters. The van der Waals surface area contributed by atoms with Crippen molar-refractivity contribution in [1.29, 1.82) is 0 Å². The number of carboxylic acids is 1. The summed E-state index contributed by atoms with van der Waals surface area (Å²) in [6, 6.07) is 3.22. The highest BCUT2D eigenvalue weighted by Crippen LogP contribution is 1.95. The van der Waals surface area contributed by atoms with Crippen LogP contribution in [0, 0.1) is 0 Å². The third-order valence-electron chi connectivity index (χ3n) is 1.62. The highest BCUT2D eigenvalue weighted by Gasteiger charge is 1.99. The minimum atomic E-state index is -0.984. The van der Waals surface area contributed by atoms with Crippen molar-refractivity contribution < 1.29 is 20.0 Å². The van der Waals surface area contributed by atoms with Gasteiger partial charge in [-0.3, -0.25) is 10.4 Å². The molecule has 0 saturated heterocycles. The Labute approximate surface area is 90.6 Å². The third-order valence-corrected chi connectivity index (χ3v) is 1.62. The van der Waals surface area contributed by atoms with Crippen molar-refractivity contribution in [3.8, 4) is 0 Å². The molecule has 16 heavy (non-hydrogen) atoms. The zero-order valence-corrected chi connectivity index (χ0v) is 8.25. The predicted molar refractivity (Wildman–Crippen MR) is 53.8 cm³/mol. The number of aromatic carboxylic acids is 1. The number of rotatable bonds is 3. The number of aromatic nitrogens is 3. The smallest absolute Gasteiger partial charge is 0.353 e. The molecule has 0 saturated carbocycles. The summed E-state index contributed by atoms with van der Waals surface area (Å²) in [6.07, 6.45) is 4.92. The minimum Gasteiger partial charge on any atom is -0.477 e. The van der Waals surface area contributed by atoms with Gasteiger partial charge in [-0.2, -0.15) is 5.10 Å². The Kier molecular flexibility index (Phi) is 4.77. The molecule has 0 bridgehead atoms. The van der Waals surface area contributed by atoms with Crippen LogP contribution < -0.4 is 0 Å². The Morgan fingerprint density at radius 2 is 2.31 bits per heavy atom. The van der Waals surface area contributed by atoms with Crippen LogP contribution in [0.1, 0.15) is 16.1 Å². The number of nitrogens with zero attached hydrogens (tertiary/aromatic N) is 1. The molecule has 86 valence electrons. The van der Waals surface area contributed by atoms with E-state index in [1.54, 1.807) is 12.4 Å². The summed E-state index contributed by atoms with van der Waals surface area (Å²) in [5.74, 6) is -0.984. The molecule has 0 aliphatic carbocycles. The lowest BCUT2D eigenvalue weighted by molar-refractivity contribution is -0.252. The second kappa shape index (κ2) is 6.38. The molecule has 2 aromatic heterocycles. The van der Waals surface area contributed by atoms with Gasteiger partial charge in [0.05, 0.1) is 0 Å². The topological polar surface area (TPSA) is 111 Å². The van der Waals surface area contributed by atoms with E-state index in [0.29, 0.717) is 0 Å². The van der Waals surface area contributed by atoms with E-state index in [4.69, 9.17) is 10.4 Å². The van der Waals surface area contributed by atoms with Gasteiger partial charge in [-0.15, -0.1) is 0 Å². The van der Waals surface area contributed by atoms with Crippen molar-refractivity contribution in [3.05, 3.63) is 42.0 Å². The van der Waals surface area contributed by atoms with E-state index in [-0.39, 0.29) is 12.3 Å². The van der Waals surface area contributed by atoms with Gasteiger partial charge >= 0.3 is 5.97 Å². The summed E-state index contributed by atoms with van der Waals surface area (Å²) in [5, 5.41) is 21.9. The van der Waals surface area contributed by atoms with Gasteiger partial charge in [-0.1, -0.05) is 0 Å². The van der Waals surface area contributed by atoms with Gasteiger partial charge < -0.3 is 10.1 Å². The number of carbonyl (C=O) groups is 1. The van der Waals surface area contributed by atoms with E-state index in [0.717, 1.165) is 5.56 Å². The predicted octanol–water partition coefficient (Wildman–Crippen LogP) is 1.11. The van der Waals surface area contributed by atoms with Crippen LogP contribution in [0.5, 0.6) is 0 Å². The SMILES string of the molecule is O=C(O)c1ccn[nH]1.OOCc1cc[nH]c1. The van der Waals surface area contributed by atoms with Crippen molar-refractivity contribution >= 4 is 5.97 Å². The maximum atomic E-state index is 9.99. The average molecular weight is 225 g/mol. The minimum absolute atomic E-state index is 0.116. The number of hydrogen-bond donors (Lipinski definition) is 4. The third kappa shape index (κ3) is 3.95. The molecule has 4 N–H and O–H groups in total. The fraction of sp³-hybridized carbons (Fsp3) is 0.111. The van der Waals surface area contributed by atoms with Gasteiger partial charge in [0, 0.05) is 18.6 Å². The van der Waals surface area contributed by atoms with E-state index in [1.807, 2.05) is 6.07 Å². The Hall–Kier alpha value is -2.12. The summed E-state index contributed by atoms with van der Waals surface area (Å²) in [4.78, 5) is 16.7. The van der Waals surface area contributed by atoms with Crippen LogP contribution in [0.25, 0.3) is 0 Å². The molecule has 2 heterocycles. The van der Waals surface area contributed by atoms with Crippen LogP contribution in [0.2, 0.25) is 0 Å². The normalized spacial score (nSPS) is 9.31.